The zero-order chi connectivity index (χ0) is 29.3. The largest absolute Gasteiger partial charge is 0.472 e. The molecule has 2 aliphatic heterocycles. The minimum Gasteiger partial charge on any atom is -0.472 e. The first kappa shape index (κ1) is 27.3. The average Bonchev–Trinajstić information content (AvgIpc) is 3.58. The van der Waals surface area contributed by atoms with Crippen LogP contribution in [0.4, 0.5) is 0 Å². The lowest BCUT2D eigenvalue weighted by atomic mass is 9.46. The van der Waals surface area contributed by atoms with Crippen molar-refractivity contribution in [2.24, 2.45) is 33.5 Å². The molecular formula is C29H36O11. The van der Waals surface area contributed by atoms with Gasteiger partial charge in [-0.05, 0) is 18.9 Å². The molecule has 1 aromatic rings. The molecule has 10 atom stereocenters. The number of ether oxygens (including phenoxy) is 4. The Balaban J connectivity index is 1.59. The Morgan fingerprint density at radius 3 is 2.48 bits per heavy atom. The third-order valence-electron chi connectivity index (χ3n) is 11.7. The van der Waals surface area contributed by atoms with Crippen molar-refractivity contribution in [1.29, 1.82) is 0 Å². The summed E-state index contributed by atoms with van der Waals surface area (Å²) < 4.78 is 28.2. The molecule has 0 unspecified atom stereocenters. The molecule has 0 aromatic carbocycles. The lowest BCUT2D eigenvalue weighted by Gasteiger charge is -2.65. The number of hydrogen-bond donors (Lipinski definition) is 2. The first-order chi connectivity index (χ1) is 18.6. The summed E-state index contributed by atoms with van der Waals surface area (Å²) in [4.78, 5) is 52.7. The number of cyclic esters (lactones) is 1. The molecule has 1 aromatic heterocycles. The third-order valence-corrected chi connectivity index (χ3v) is 11.7. The van der Waals surface area contributed by atoms with E-state index in [0.29, 0.717) is 18.4 Å². The van der Waals surface area contributed by atoms with Crippen molar-refractivity contribution in [3.8, 4) is 0 Å². The highest BCUT2D eigenvalue weighted by Crippen LogP contribution is 2.85. The second-order valence-electron chi connectivity index (χ2n) is 13.4. The van der Waals surface area contributed by atoms with Crippen LogP contribution in [0, 0.1) is 33.5 Å². The zero-order valence-electron chi connectivity index (χ0n) is 23.5. The summed E-state index contributed by atoms with van der Waals surface area (Å²) in [5.74, 6) is -4.33. The number of fused-ring (bicyclic) bond motifs is 2. The lowest BCUT2D eigenvalue weighted by Crippen LogP contribution is -2.74. The second kappa shape index (κ2) is 7.88. The topological polar surface area (TPSA) is 159 Å². The van der Waals surface area contributed by atoms with E-state index in [1.54, 1.807) is 19.9 Å². The minimum atomic E-state index is -1.88. The molecule has 40 heavy (non-hydrogen) atoms. The van der Waals surface area contributed by atoms with Gasteiger partial charge in [0.1, 0.15) is 28.8 Å². The highest BCUT2D eigenvalue weighted by Gasteiger charge is 2.94. The van der Waals surface area contributed by atoms with Crippen molar-refractivity contribution in [2.75, 3.05) is 7.11 Å². The van der Waals surface area contributed by atoms with Crippen LogP contribution < -0.4 is 0 Å². The van der Waals surface area contributed by atoms with Crippen LogP contribution in [0.3, 0.4) is 0 Å². The standard InChI is InChI=1S/C29H36O11/c1-14(30)38-22-24(2,3)19(18(32)21(33)36-6)26(5)16-7-9-25(4)20(15-8-10-37-12-15)39-17(31)11-29(25,35)28(16)13-27(22,26)23(34)40-28/h8,10,12,16,18-20,22,32,35H,7,9,11,13H2,1-6H3/t16-,18+,19+,20+,22+,25+,26-,27+,28-,29+/m1/s1. The molecular weight excluding hydrogens is 524 g/mol. The molecule has 2 bridgehead atoms. The fraction of sp³-hybridized carbons (Fsp3) is 0.724. The number of methoxy groups -OCH3 is 1. The molecule has 3 saturated carbocycles. The van der Waals surface area contributed by atoms with Crippen molar-refractivity contribution in [2.45, 2.75) is 89.8 Å². The predicted molar refractivity (Wildman–Crippen MR) is 133 cm³/mol. The number of aliphatic hydroxyl groups is 2. The fourth-order valence-corrected chi connectivity index (χ4v) is 10.4. The Bertz CT molecular complexity index is 1300. The van der Waals surface area contributed by atoms with E-state index >= 15 is 0 Å². The predicted octanol–water partition coefficient (Wildman–Crippen LogP) is 2.23. The van der Waals surface area contributed by atoms with E-state index < -0.39 is 93.3 Å². The zero-order valence-corrected chi connectivity index (χ0v) is 23.5. The van der Waals surface area contributed by atoms with Gasteiger partial charge in [-0.15, -0.1) is 0 Å². The first-order valence-corrected chi connectivity index (χ1v) is 13.7. The number of aliphatic hydroxyl groups excluding tert-OH is 1. The summed E-state index contributed by atoms with van der Waals surface area (Å²) in [6, 6.07) is 1.67. The first-order valence-electron chi connectivity index (χ1n) is 13.7. The molecule has 2 N–H and O–H groups in total. The fourth-order valence-electron chi connectivity index (χ4n) is 10.4. The molecule has 5 fully saturated rings. The SMILES string of the molecule is COC(=O)[C@@H](O)[C@H]1C(C)(C)[C@H](OC(C)=O)[C@@]23C[C@@]4(OC2=O)[C@H](CC[C@@]2(C)[C@H](c5ccoc5)OC(=O)C[C@]24O)[C@]13C. The number of carbonyl (C=O) groups is 4. The van der Waals surface area contributed by atoms with Gasteiger partial charge in [0.2, 0.25) is 0 Å². The molecule has 11 heteroatoms. The molecule has 2 spiro atoms. The highest BCUT2D eigenvalue weighted by atomic mass is 16.6. The molecule has 3 heterocycles. The van der Waals surface area contributed by atoms with Gasteiger partial charge in [-0.25, -0.2) is 4.79 Å². The normalized spacial score (nSPS) is 46.9. The minimum absolute atomic E-state index is 0.0523. The van der Waals surface area contributed by atoms with Gasteiger partial charge in [0, 0.05) is 47.0 Å². The number of hydrogen-bond acceptors (Lipinski definition) is 11. The van der Waals surface area contributed by atoms with Gasteiger partial charge in [-0.1, -0.05) is 27.7 Å². The molecule has 6 rings (SSSR count). The van der Waals surface area contributed by atoms with E-state index in [9.17, 15) is 29.4 Å². The van der Waals surface area contributed by atoms with E-state index in [1.165, 1.54) is 26.6 Å². The van der Waals surface area contributed by atoms with Crippen molar-refractivity contribution < 1.29 is 52.8 Å². The second-order valence-corrected chi connectivity index (χ2v) is 13.4. The molecule has 3 aliphatic carbocycles. The van der Waals surface area contributed by atoms with Gasteiger partial charge in [0.15, 0.2) is 6.10 Å². The maximum Gasteiger partial charge on any atom is 0.335 e. The molecule has 2 saturated heterocycles. The lowest BCUT2D eigenvalue weighted by molar-refractivity contribution is -0.311. The van der Waals surface area contributed by atoms with E-state index in [0.717, 1.165) is 0 Å². The van der Waals surface area contributed by atoms with Gasteiger partial charge in [-0.3, -0.25) is 14.4 Å². The van der Waals surface area contributed by atoms with Gasteiger partial charge >= 0.3 is 23.9 Å². The van der Waals surface area contributed by atoms with Crippen molar-refractivity contribution in [1.82, 2.24) is 0 Å². The van der Waals surface area contributed by atoms with Crippen LogP contribution in [0.5, 0.6) is 0 Å². The van der Waals surface area contributed by atoms with E-state index in [2.05, 4.69) is 0 Å². The molecule has 218 valence electrons. The Hall–Kier alpha value is -2.92. The van der Waals surface area contributed by atoms with Crippen LogP contribution in [0.2, 0.25) is 0 Å². The Morgan fingerprint density at radius 2 is 1.88 bits per heavy atom. The van der Waals surface area contributed by atoms with Crippen LogP contribution in [0.25, 0.3) is 0 Å². The van der Waals surface area contributed by atoms with Crippen LogP contribution in [-0.2, 0) is 38.1 Å². The molecule has 11 nitrogen and oxygen atoms in total. The number of esters is 4. The van der Waals surface area contributed by atoms with Crippen molar-refractivity contribution in [3.05, 3.63) is 24.2 Å². The number of rotatable bonds is 4. The van der Waals surface area contributed by atoms with Crippen LogP contribution >= 0.6 is 0 Å². The average molecular weight is 561 g/mol. The monoisotopic (exact) mass is 560 g/mol. The summed E-state index contributed by atoms with van der Waals surface area (Å²) in [6.45, 7) is 8.41. The van der Waals surface area contributed by atoms with Crippen molar-refractivity contribution in [3.63, 3.8) is 0 Å². The Labute approximate surface area is 231 Å². The Kier molecular flexibility index (Phi) is 5.37. The molecule has 0 radical (unpaired) electrons. The van der Waals surface area contributed by atoms with Crippen LogP contribution in [0.15, 0.2) is 23.0 Å². The maximum absolute atomic E-state index is 14.2. The number of furan rings is 1. The van der Waals surface area contributed by atoms with Gasteiger partial charge in [-0.2, -0.15) is 0 Å². The molecule has 0 amide bonds. The highest BCUT2D eigenvalue weighted by molar-refractivity contribution is 5.87. The van der Waals surface area contributed by atoms with Crippen LogP contribution in [0.1, 0.15) is 72.0 Å². The summed E-state index contributed by atoms with van der Waals surface area (Å²) in [7, 11) is 1.17. The van der Waals surface area contributed by atoms with Crippen molar-refractivity contribution >= 4 is 23.9 Å². The number of carbonyl (C=O) groups excluding carboxylic acids is 4. The van der Waals surface area contributed by atoms with E-state index in [1.807, 2.05) is 13.8 Å². The van der Waals surface area contributed by atoms with Gasteiger partial charge in [0.25, 0.3) is 0 Å². The van der Waals surface area contributed by atoms with E-state index in [4.69, 9.17) is 23.4 Å². The third kappa shape index (κ3) is 2.69. The van der Waals surface area contributed by atoms with Crippen LogP contribution in [-0.4, -0.2) is 64.6 Å². The summed E-state index contributed by atoms with van der Waals surface area (Å²) in [5.41, 5.74) is -7.70. The maximum atomic E-state index is 14.2. The summed E-state index contributed by atoms with van der Waals surface area (Å²) >= 11 is 0. The molecule has 5 aliphatic rings. The van der Waals surface area contributed by atoms with Gasteiger partial charge in [0.05, 0.1) is 26.1 Å². The quantitative estimate of drug-likeness (QED) is 0.411. The van der Waals surface area contributed by atoms with E-state index in [-0.39, 0.29) is 6.42 Å². The summed E-state index contributed by atoms with van der Waals surface area (Å²) in [6.07, 6.45) is -0.347. The summed E-state index contributed by atoms with van der Waals surface area (Å²) in [5, 5.41) is 24.3. The smallest absolute Gasteiger partial charge is 0.335 e. The Morgan fingerprint density at radius 1 is 1.18 bits per heavy atom. The van der Waals surface area contributed by atoms with Gasteiger partial charge < -0.3 is 33.6 Å².